The highest BCUT2D eigenvalue weighted by atomic mass is 16.5. The van der Waals surface area contributed by atoms with Crippen LogP contribution >= 0.6 is 0 Å². The largest absolute Gasteiger partial charge is 0.382 e. The lowest BCUT2D eigenvalue weighted by Gasteiger charge is -2.28. The molecule has 0 aliphatic carbocycles. The van der Waals surface area contributed by atoms with E-state index in [2.05, 4.69) is 6.92 Å². The smallest absolute Gasteiger partial charge is 0.0811 e. The van der Waals surface area contributed by atoms with Crippen LogP contribution in [0.1, 0.15) is 26.2 Å². The molecule has 2 heteroatoms. The van der Waals surface area contributed by atoms with Gasteiger partial charge in [0.25, 0.3) is 0 Å². The predicted molar refractivity (Wildman–Crippen MR) is 44.6 cm³/mol. The van der Waals surface area contributed by atoms with Crippen LogP contribution in [-0.4, -0.2) is 26.4 Å². The van der Waals surface area contributed by atoms with E-state index in [0.717, 1.165) is 19.1 Å². The zero-order chi connectivity index (χ0) is 8.10. The first-order valence-electron chi connectivity index (χ1n) is 4.47. The van der Waals surface area contributed by atoms with Gasteiger partial charge in [-0.25, -0.2) is 0 Å². The third kappa shape index (κ3) is 2.80. The summed E-state index contributed by atoms with van der Waals surface area (Å²) in [6.07, 6.45) is 4.06. The van der Waals surface area contributed by atoms with E-state index in [-0.39, 0.29) is 0 Å². The first-order valence-corrected chi connectivity index (χ1v) is 4.47. The molecule has 0 saturated carbocycles. The quantitative estimate of drug-likeness (QED) is 0.624. The summed E-state index contributed by atoms with van der Waals surface area (Å²) in [5.74, 6) is 0.865. The molecule has 0 aromatic carbocycles. The molecule has 2 nitrogen and oxygen atoms in total. The van der Waals surface area contributed by atoms with E-state index < -0.39 is 0 Å². The van der Waals surface area contributed by atoms with Crippen LogP contribution in [0.3, 0.4) is 0 Å². The minimum atomic E-state index is 0.360. The zero-order valence-corrected chi connectivity index (χ0v) is 7.51. The molecule has 2 atom stereocenters. The molecule has 1 heterocycles. The van der Waals surface area contributed by atoms with Crippen molar-refractivity contribution in [3.8, 4) is 0 Å². The molecule has 0 aromatic heterocycles. The molecule has 0 amide bonds. The molecule has 0 aromatic rings. The van der Waals surface area contributed by atoms with Crippen LogP contribution in [0.5, 0.6) is 0 Å². The standard InChI is InChI=1S/C9H18O2/c1-3-8-4-5-11-9(6-8)7-10-2/h8-9H,3-7H2,1-2H3/t8-,9-/m0/s1. The molecule has 1 fully saturated rings. The minimum Gasteiger partial charge on any atom is -0.382 e. The summed E-state index contributed by atoms with van der Waals surface area (Å²) >= 11 is 0. The van der Waals surface area contributed by atoms with Gasteiger partial charge in [-0.2, -0.15) is 0 Å². The van der Waals surface area contributed by atoms with Gasteiger partial charge in [-0.05, 0) is 18.8 Å². The average Bonchev–Trinajstić information content (AvgIpc) is 2.06. The molecule has 0 bridgehead atoms. The lowest BCUT2D eigenvalue weighted by Crippen LogP contribution is -2.28. The maximum atomic E-state index is 5.53. The van der Waals surface area contributed by atoms with Crippen molar-refractivity contribution in [2.75, 3.05) is 20.3 Å². The zero-order valence-electron chi connectivity index (χ0n) is 7.51. The Balaban J connectivity index is 2.21. The molecule has 1 aliphatic heterocycles. The fourth-order valence-corrected chi connectivity index (χ4v) is 1.63. The average molecular weight is 158 g/mol. The molecular weight excluding hydrogens is 140 g/mol. The monoisotopic (exact) mass is 158 g/mol. The van der Waals surface area contributed by atoms with Gasteiger partial charge < -0.3 is 9.47 Å². The molecule has 66 valence electrons. The summed E-state index contributed by atoms with van der Waals surface area (Å²) < 4.78 is 10.6. The third-order valence-corrected chi connectivity index (χ3v) is 2.41. The van der Waals surface area contributed by atoms with Gasteiger partial charge in [0.15, 0.2) is 0 Å². The van der Waals surface area contributed by atoms with Gasteiger partial charge in [0.05, 0.1) is 12.7 Å². The van der Waals surface area contributed by atoms with Gasteiger partial charge in [0, 0.05) is 13.7 Å². The van der Waals surface area contributed by atoms with Crippen molar-refractivity contribution in [3.63, 3.8) is 0 Å². The second kappa shape index (κ2) is 4.73. The van der Waals surface area contributed by atoms with Crippen LogP contribution in [-0.2, 0) is 9.47 Å². The van der Waals surface area contributed by atoms with Crippen molar-refractivity contribution in [3.05, 3.63) is 0 Å². The molecule has 0 radical (unpaired) electrons. The summed E-state index contributed by atoms with van der Waals surface area (Å²) in [5, 5.41) is 0. The Morgan fingerprint density at radius 1 is 1.55 bits per heavy atom. The maximum absolute atomic E-state index is 5.53. The van der Waals surface area contributed by atoms with E-state index >= 15 is 0 Å². The van der Waals surface area contributed by atoms with Crippen LogP contribution in [0.2, 0.25) is 0 Å². The van der Waals surface area contributed by atoms with E-state index in [9.17, 15) is 0 Å². The lowest BCUT2D eigenvalue weighted by atomic mass is 9.93. The summed E-state index contributed by atoms with van der Waals surface area (Å²) in [6.45, 7) is 3.93. The highest BCUT2D eigenvalue weighted by molar-refractivity contribution is 4.69. The van der Waals surface area contributed by atoms with Gasteiger partial charge >= 0.3 is 0 Å². The van der Waals surface area contributed by atoms with Crippen molar-refractivity contribution in [1.29, 1.82) is 0 Å². The molecule has 11 heavy (non-hydrogen) atoms. The van der Waals surface area contributed by atoms with Gasteiger partial charge in [-0.15, -0.1) is 0 Å². The molecular formula is C9H18O2. The highest BCUT2D eigenvalue weighted by Crippen LogP contribution is 2.22. The SMILES string of the molecule is CC[C@H]1CCO[C@H](COC)C1. The maximum Gasteiger partial charge on any atom is 0.0811 e. The topological polar surface area (TPSA) is 18.5 Å². The van der Waals surface area contributed by atoms with Gasteiger partial charge in [0.2, 0.25) is 0 Å². The van der Waals surface area contributed by atoms with Gasteiger partial charge in [0.1, 0.15) is 0 Å². The Hall–Kier alpha value is -0.0800. The van der Waals surface area contributed by atoms with Crippen molar-refractivity contribution in [1.82, 2.24) is 0 Å². The normalized spacial score (nSPS) is 32.2. The summed E-state index contributed by atoms with van der Waals surface area (Å²) in [5.41, 5.74) is 0. The van der Waals surface area contributed by atoms with Gasteiger partial charge in [-0.3, -0.25) is 0 Å². The molecule has 0 spiro atoms. The number of ether oxygens (including phenoxy) is 2. The molecule has 1 aliphatic rings. The molecule has 1 saturated heterocycles. The molecule has 0 N–H and O–H groups in total. The fourth-order valence-electron chi connectivity index (χ4n) is 1.63. The molecule has 1 rings (SSSR count). The van der Waals surface area contributed by atoms with E-state index in [1.165, 1.54) is 19.3 Å². The fraction of sp³-hybridized carbons (Fsp3) is 1.00. The lowest BCUT2D eigenvalue weighted by molar-refractivity contribution is -0.0478. The first-order chi connectivity index (χ1) is 5.36. The predicted octanol–water partition coefficient (Wildman–Crippen LogP) is 1.84. The first kappa shape index (κ1) is 9.01. The molecule has 0 unspecified atom stereocenters. The van der Waals surface area contributed by atoms with E-state index in [0.29, 0.717) is 6.10 Å². The Morgan fingerprint density at radius 2 is 2.36 bits per heavy atom. The van der Waals surface area contributed by atoms with Crippen molar-refractivity contribution in [2.24, 2.45) is 5.92 Å². The van der Waals surface area contributed by atoms with Crippen molar-refractivity contribution in [2.45, 2.75) is 32.3 Å². The van der Waals surface area contributed by atoms with Gasteiger partial charge in [-0.1, -0.05) is 13.3 Å². The third-order valence-electron chi connectivity index (χ3n) is 2.41. The van der Waals surface area contributed by atoms with Crippen molar-refractivity contribution >= 4 is 0 Å². The van der Waals surface area contributed by atoms with Crippen LogP contribution in [0, 0.1) is 5.92 Å². The Labute approximate surface area is 68.9 Å². The van der Waals surface area contributed by atoms with E-state index in [1.54, 1.807) is 7.11 Å². The van der Waals surface area contributed by atoms with Crippen molar-refractivity contribution < 1.29 is 9.47 Å². The number of hydrogen-bond donors (Lipinski definition) is 0. The second-order valence-electron chi connectivity index (χ2n) is 3.25. The van der Waals surface area contributed by atoms with E-state index in [4.69, 9.17) is 9.47 Å². The van der Waals surface area contributed by atoms with Crippen LogP contribution in [0.15, 0.2) is 0 Å². The number of methoxy groups -OCH3 is 1. The number of hydrogen-bond acceptors (Lipinski definition) is 2. The van der Waals surface area contributed by atoms with Crippen LogP contribution in [0.25, 0.3) is 0 Å². The summed E-state index contributed by atoms with van der Waals surface area (Å²) in [6, 6.07) is 0. The van der Waals surface area contributed by atoms with E-state index in [1.807, 2.05) is 0 Å². The van der Waals surface area contributed by atoms with Crippen LogP contribution < -0.4 is 0 Å². The minimum absolute atomic E-state index is 0.360. The number of rotatable bonds is 3. The second-order valence-corrected chi connectivity index (χ2v) is 3.25. The Bertz CT molecular complexity index is 102. The Kier molecular flexibility index (Phi) is 3.87. The highest BCUT2D eigenvalue weighted by Gasteiger charge is 2.20. The summed E-state index contributed by atoms with van der Waals surface area (Å²) in [4.78, 5) is 0. The van der Waals surface area contributed by atoms with Crippen LogP contribution in [0.4, 0.5) is 0 Å². The Morgan fingerprint density at radius 3 is 3.00 bits per heavy atom. The summed E-state index contributed by atoms with van der Waals surface area (Å²) in [7, 11) is 1.74.